The van der Waals surface area contributed by atoms with Crippen molar-refractivity contribution in [2.45, 2.75) is 17.8 Å². The molecule has 10 heteroatoms. The minimum atomic E-state index is -3.14. The molecule has 0 radical (unpaired) electrons. The van der Waals surface area contributed by atoms with Gasteiger partial charge < -0.3 is 14.4 Å². The Morgan fingerprint density at radius 1 is 1.17 bits per heavy atom. The van der Waals surface area contributed by atoms with Crippen molar-refractivity contribution in [1.82, 2.24) is 0 Å². The van der Waals surface area contributed by atoms with Crippen molar-refractivity contribution in [2.24, 2.45) is 4.99 Å². The fraction of sp³-hybridized carbons (Fsp3) is 0.316. The van der Waals surface area contributed by atoms with Gasteiger partial charge in [0.15, 0.2) is 26.5 Å². The van der Waals surface area contributed by atoms with E-state index in [9.17, 15) is 12.8 Å². The lowest BCUT2D eigenvalue weighted by Gasteiger charge is -2.26. The number of sulfone groups is 1. The predicted molar refractivity (Wildman–Crippen MR) is 111 cm³/mol. The number of ether oxygens (including phenoxy) is 2. The van der Waals surface area contributed by atoms with Gasteiger partial charge in [-0.3, -0.25) is 4.99 Å². The Morgan fingerprint density at radius 3 is 2.83 bits per heavy atom. The van der Waals surface area contributed by atoms with Crippen molar-refractivity contribution in [3.8, 4) is 11.5 Å². The average molecular weight is 455 g/mol. The molecule has 29 heavy (non-hydrogen) atoms. The molecule has 1 fully saturated rings. The standard InChI is InChI=1S/C19H16ClFN2O4S2/c20-14-5-12(21)2-1-11(14)7-28-19-22-15-8-29(24,25)9-16(15)23(19)13-3-4-17-18(6-13)27-10-26-17/h1-6,15-16H,7-10H2/t15-,16+/m0/s1. The molecule has 0 aliphatic carbocycles. The minimum absolute atomic E-state index is 0.0417. The van der Waals surface area contributed by atoms with Crippen LogP contribution in [-0.4, -0.2) is 44.0 Å². The molecule has 2 aromatic carbocycles. The molecule has 5 rings (SSSR count). The van der Waals surface area contributed by atoms with Gasteiger partial charge in [0.1, 0.15) is 5.82 Å². The molecule has 0 bridgehead atoms. The highest BCUT2D eigenvalue weighted by molar-refractivity contribution is 8.13. The van der Waals surface area contributed by atoms with Crippen LogP contribution in [0.5, 0.6) is 11.5 Å². The van der Waals surface area contributed by atoms with Gasteiger partial charge in [-0.25, -0.2) is 12.8 Å². The molecular formula is C19H16ClFN2O4S2. The summed E-state index contributed by atoms with van der Waals surface area (Å²) in [6.45, 7) is 0.165. The summed E-state index contributed by atoms with van der Waals surface area (Å²) in [4.78, 5) is 6.65. The SMILES string of the molecule is O=S1(=O)C[C@@H]2N=C(SCc3ccc(F)cc3Cl)N(c3ccc4c(c3)OCO4)[C@@H]2C1. The first-order chi connectivity index (χ1) is 13.9. The van der Waals surface area contributed by atoms with Crippen molar-refractivity contribution < 1.29 is 22.3 Å². The number of anilines is 1. The van der Waals surface area contributed by atoms with E-state index in [1.165, 1.54) is 23.9 Å². The molecule has 3 heterocycles. The third kappa shape index (κ3) is 3.55. The molecule has 2 aromatic rings. The average Bonchev–Trinajstić information content (AvgIpc) is 3.32. The number of rotatable bonds is 3. The second-order valence-electron chi connectivity index (χ2n) is 7.06. The van der Waals surface area contributed by atoms with E-state index in [1.54, 1.807) is 6.07 Å². The number of hydrogen-bond donors (Lipinski definition) is 0. The normalized spacial score (nSPS) is 23.9. The van der Waals surface area contributed by atoms with E-state index in [0.29, 0.717) is 27.4 Å². The first-order valence-corrected chi connectivity index (χ1v) is 12.1. The van der Waals surface area contributed by atoms with E-state index >= 15 is 0 Å². The summed E-state index contributed by atoms with van der Waals surface area (Å²) in [7, 11) is -3.14. The molecule has 152 valence electrons. The quantitative estimate of drug-likeness (QED) is 0.707. The van der Waals surface area contributed by atoms with Crippen LogP contribution in [0.15, 0.2) is 41.4 Å². The maximum absolute atomic E-state index is 13.3. The fourth-order valence-corrected chi connectivity index (χ4v) is 7.04. The van der Waals surface area contributed by atoms with Gasteiger partial charge in [-0.15, -0.1) is 0 Å². The predicted octanol–water partition coefficient (Wildman–Crippen LogP) is 3.48. The van der Waals surface area contributed by atoms with Gasteiger partial charge in [0, 0.05) is 22.5 Å². The Balaban J connectivity index is 1.45. The van der Waals surface area contributed by atoms with Crippen LogP contribution in [-0.2, 0) is 15.6 Å². The van der Waals surface area contributed by atoms with Crippen molar-refractivity contribution >= 4 is 44.1 Å². The van der Waals surface area contributed by atoms with Crippen molar-refractivity contribution in [2.75, 3.05) is 23.2 Å². The number of nitrogens with zero attached hydrogens (tertiary/aromatic N) is 2. The highest BCUT2D eigenvalue weighted by Gasteiger charge is 2.47. The lowest BCUT2D eigenvalue weighted by molar-refractivity contribution is 0.174. The topological polar surface area (TPSA) is 68.2 Å². The second kappa shape index (κ2) is 7.07. The fourth-order valence-electron chi connectivity index (χ4n) is 3.75. The summed E-state index contributed by atoms with van der Waals surface area (Å²) in [5.74, 6) is 1.48. The van der Waals surface area contributed by atoms with Gasteiger partial charge in [-0.05, 0) is 29.8 Å². The van der Waals surface area contributed by atoms with Gasteiger partial charge in [-0.2, -0.15) is 0 Å². The summed E-state index contributed by atoms with van der Waals surface area (Å²) < 4.78 is 48.5. The monoisotopic (exact) mass is 454 g/mol. The summed E-state index contributed by atoms with van der Waals surface area (Å²) in [5, 5.41) is 1.07. The minimum Gasteiger partial charge on any atom is -0.454 e. The Bertz CT molecular complexity index is 1130. The van der Waals surface area contributed by atoms with E-state index in [2.05, 4.69) is 0 Å². The van der Waals surface area contributed by atoms with Gasteiger partial charge >= 0.3 is 0 Å². The Morgan fingerprint density at radius 2 is 2.00 bits per heavy atom. The smallest absolute Gasteiger partial charge is 0.231 e. The molecule has 0 spiro atoms. The summed E-state index contributed by atoms with van der Waals surface area (Å²) in [6.07, 6.45) is 0. The van der Waals surface area contributed by atoms with Gasteiger partial charge in [0.05, 0.1) is 23.6 Å². The number of hydrogen-bond acceptors (Lipinski definition) is 7. The zero-order valence-electron chi connectivity index (χ0n) is 15.0. The van der Waals surface area contributed by atoms with Crippen LogP contribution >= 0.6 is 23.4 Å². The van der Waals surface area contributed by atoms with Crippen LogP contribution < -0.4 is 14.4 Å². The van der Waals surface area contributed by atoms with Crippen LogP contribution in [0.1, 0.15) is 5.56 Å². The Kier molecular flexibility index (Phi) is 4.64. The number of halogens is 2. The maximum Gasteiger partial charge on any atom is 0.231 e. The molecule has 0 aromatic heterocycles. The zero-order chi connectivity index (χ0) is 20.2. The summed E-state index contributed by atoms with van der Waals surface area (Å²) in [6, 6.07) is 9.27. The van der Waals surface area contributed by atoms with Crippen LogP contribution in [0, 0.1) is 5.82 Å². The van der Waals surface area contributed by atoms with Crippen LogP contribution in [0.25, 0.3) is 0 Å². The second-order valence-corrected chi connectivity index (χ2v) is 10.6. The first kappa shape index (κ1) is 19.0. The largest absolute Gasteiger partial charge is 0.454 e. The van der Waals surface area contributed by atoms with Crippen molar-refractivity contribution in [1.29, 1.82) is 0 Å². The Labute approximate surface area is 176 Å². The van der Waals surface area contributed by atoms with Crippen LogP contribution in [0.4, 0.5) is 10.1 Å². The number of benzene rings is 2. The highest BCUT2D eigenvalue weighted by Crippen LogP contribution is 2.41. The lowest BCUT2D eigenvalue weighted by atomic mass is 10.1. The first-order valence-electron chi connectivity index (χ1n) is 8.93. The molecule has 1 saturated heterocycles. The molecule has 0 saturated carbocycles. The van der Waals surface area contributed by atoms with E-state index in [-0.39, 0.29) is 36.2 Å². The van der Waals surface area contributed by atoms with E-state index in [1.807, 2.05) is 23.1 Å². The highest BCUT2D eigenvalue weighted by atomic mass is 35.5. The summed E-state index contributed by atoms with van der Waals surface area (Å²) in [5.41, 5.74) is 1.59. The maximum atomic E-state index is 13.3. The molecular weight excluding hydrogens is 439 g/mol. The van der Waals surface area contributed by atoms with E-state index in [0.717, 1.165) is 11.3 Å². The number of aliphatic imine (C=N–C) groups is 1. The molecule has 0 amide bonds. The van der Waals surface area contributed by atoms with Gasteiger partial charge in [0.25, 0.3) is 0 Å². The zero-order valence-corrected chi connectivity index (χ0v) is 17.4. The summed E-state index contributed by atoms with van der Waals surface area (Å²) >= 11 is 7.60. The molecule has 0 N–H and O–H groups in total. The van der Waals surface area contributed by atoms with E-state index < -0.39 is 9.84 Å². The molecule has 3 aliphatic heterocycles. The molecule has 0 unspecified atom stereocenters. The third-order valence-electron chi connectivity index (χ3n) is 5.11. The number of thioether (sulfide) groups is 1. The van der Waals surface area contributed by atoms with Crippen molar-refractivity contribution in [3.05, 3.63) is 52.8 Å². The number of fused-ring (bicyclic) bond motifs is 2. The Hall–Kier alpha value is -1.97. The number of amidine groups is 1. The van der Waals surface area contributed by atoms with E-state index in [4.69, 9.17) is 26.1 Å². The third-order valence-corrected chi connectivity index (χ3v) is 8.18. The van der Waals surface area contributed by atoms with Crippen LogP contribution in [0.3, 0.4) is 0 Å². The molecule has 6 nitrogen and oxygen atoms in total. The lowest BCUT2D eigenvalue weighted by Crippen LogP contribution is -2.39. The molecule has 2 atom stereocenters. The van der Waals surface area contributed by atoms with Gasteiger partial charge in [-0.1, -0.05) is 29.4 Å². The van der Waals surface area contributed by atoms with Gasteiger partial charge in [0.2, 0.25) is 6.79 Å². The van der Waals surface area contributed by atoms with Crippen LogP contribution in [0.2, 0.25) is 5.02 Å². The van der Waals surface area contributed by atoms with Crippen molar-refractivity contribution in [3.63, 3.8) is 0 Å². The molecule has 3 aliphatic rings.